The van der Waals surface area contributed by atoms with Crippen LogP contribution in [0, 0.1) is 6.92 Å². The summed E-state index contributed by atoms with van der Waals surface area (Å²) in [7, 11) is -3.70. The van der Waals surface area contributed by atoms with Crippen molar-refractivity contribution >= 4 is 21.6 Å². The van der Waals surface area contributed by atoms with Crippen LogP contribution in [0.4, 0.5) is 0 Å². The van der Waals surface area contributed by atoms with Gasteiger partial charge in [-0.15, -0.1) is 11.6 Å². The Labute approximate surface area is 129 Å². The van der Waals surface area contributed by atoms with Gasteiger partial charge < -0.3 is 0 Å². The Bertz CT molecular complexity index is 700. The number of nitrogens with zero attached hydrogens (tertiary/aromatic N) is 3. The normalized spacial score (nSPS) is 12.0. The number of rotatable bonds is 6. The molecule has 0 spiro atoms. The maximum atomic E-state index is 12.7. The summed E-state index contributed by atoms with van der Waals surface area (Å²) in [5.41, 5.74) is 1.86. The van der Waals surface area contributed by atoms with Gasteiger partial charge in [-0.25, -0.2) is 8.42 Å². The van der Waals surface area contributed by atoms with Gasteiger partial charge in [0.25, 0.3) is 10.0 Å². The summed E-state index contributed by atoms with van der Waals surface area (Å²) >= 11 is 5.84. The fraction of sp³-hybridized carbons (Fsp3) is 0.385. The first-order valence-electron chi connectivity index (χ1n) is 6.50. The van der Waals surface area contributed by atoms with Gasteiger partial charge in [-0.05, 0) is 19.1 Å². The van der Waals surface area contributed by atoms with Gasteiger partial charge in [-0.2, -0.15) is 9.40 Å². The number of aromatic amines is 1. The molecule has 0 bridgehead atoms. The Kier molecular flexibility index (Phi) is 4.97. The minimum atomic E-state index is -3.70. The molecule has 2 aromatic heterocycles. The fourth-order valence-electron chi connectivity index (χ4n) is 1.96. The van der Waals surface area contributed by atoms with Crippen LogP contribution in [0.25, 0.3) is 0 Å². The molecule has 21 heavy (non-hydrogen) atoms. The van der Waals surface area contributed by atoms with E-state index in [4.69, 9.17) is 11.6 Å². The van der Waals surface area contributed by atoms with Crippen molar-refractivity contribution in [2.24, 2.45) is 0 Å². The lowest BCUT2D eigenvalue weighted by Gasteiger charge is -2.19. The third kappa shape index (κ3) is 3.25. The number of hydrogen-bond donors (Lipinski definition) is 1. The lowest BCUT2D eigenvalue weighted by Crippen LogP contribution is -2.31. The molecule has 0 aliphatic heterocycles. The highest BCUT2D eigenvalue weighted by Crippen LogP contribution is 2.23. The van der Waals surface area contributed by atoms with Gasteiger partial charge >= 0.3 is 0 Å². The standard InChI is InChI=1S/C13H17ClN4O2S/c1-3-18(9-11-6-4-5-7-15-11)21(19,20)13-12(8-14)10(2)16-17-13/h4-7H,3,8-9H2,1-2H3,(H,16,17). The van der Waals surface area contributed by atoms with Crippen LogP contribution in [0.2, 0.25) is 0 Å². The number of alkyl halides is 1. The molecule has 2 rings (SSSR count). The first kappa shape index (κ1) is 15.9. The minimum Gasteiger partial charge on any atom is -0.281 e. The van der Waals surface area contributed by atoms with Gasteiger partial charge in [0.15, 0.2) is 5.03 Å². The zero-order valence-electron chi connectivity index (χ0n) is 11.9. The largest absolute Gasteiger partial charge is 0.281 e. The molecular formula is C13H17ClN4O2S. The summed E-state index contributed by atoms with van der Waals surface area (Å²) in [5, 5.41) is 6.58. The van der Waals surface area contributed by atoms with Crippen LogP contribution in [0.15, 0.2) is 29.4 Å². The van der Waals surface area contributed by atoms with Crippen molar-refractivity contribution in [3.05, 3.63) is 41.3 Å². The molecule has 114 valence electrons. The number of hydrogen-bond acceptors (Lipinski definition) is 4. The quantitative estimate of drug-likeness (QED) is 0.823. The smallest absolute Gasteiger partial charge is 0.263 e. The van der Waals surface area contributed by atoms with E-state index in [1.54, 1.807) is 32.2 Å². The van der Waals surface area contributed by atoms with Crippen LogP contribution in [0.1, 0.15) is 23.9 Å². The van der Waals surface area contributed by atoms with E-state index in [0.717, 1.165) is 0 Å². The molecule has 0 unspecified atom stereocenters. The molecule has 0 atom stereocenters. The maximum Gasteiger partial charge on any atom is 0.263 e. The Morgan fingerprint density at radius 1 is 1.38 bits per heavy atom. The van der Waals surface area contributed by atoms with Gasteiger partial charge in [0, 0.05) is 24.0 Å². The van der Waals surface area contributed by atoms with E-state index in [0.29, 0.717) is 23.5 Å². The van der Waals surface area contributed by atoms with E-state index in [2.05, 4.69) is 15.2 Å². The van der Waals surface area contributed by atoms with E-state index >= 15 is 0 Å². The molecule has 0 saturated heterocycles. The first-order chi connectivity index (χ1) is 10.0. The molecule has 6 nitrogen and oxygen atoms in total. The molecule has 2 aromatic rings. The van der Waals surface area contributed by atoms with Gasteiger partial charge in [-0.3, -0.25) is 10.1 Å². The Morgan fingerprint density at radius 3 is 2.71 bits per heavy atom. The number of H-pyrrole nitrogens is 1. The van der Waals surface area contributed by atoms with Crippen LogP contribution in [-0.4, -0.2) is 34.4 Å². The lowest BCUT2D eigenvalue weighted by atomic mass is 10.3. The molecule has 1 N–H and O–H groups in total. The van der Waals surface area contributed by atoms with E-state index in [1.165, 1.54) is 4.31 Å². The predicted molar refractivity (Wildman–Crippen MR) is 80.4 cm³/mol. The summed E-state index contributed by atoms with van der Waals surface area (Å²) in [6.45, 7) is 4.05. The van der Waals surface area contributed by atoms with Crippen molar-refractivity contribution in [3.63, 3.8) is 0 Å². The highest BCUT2D eigenvalue weighted by molar-refractivity contribution is 7.89. The molecule has 0 aliphatic carbocycles. The fourth-order valence-corrected chi connectivity index (χ4v) is 3.95. The molecule has 0 saturated carbocycles. The summed E-state index contributed by atoms with van der Waals surface area (Å²) in [6.07, 6.45) is 1.64. The monoisotopic (exact) mass is 328 g/mol. The topological polar surface area (TPSA) is 79.0 Å². The van der Waals surface area contributed by atoms with E-state index < -0.39 is 10.0 Å². The van der Waals surface area contributed by atoms with Crippen molar-refractivity contribution in [1.29, 1.82) is 0 Å². The summed E-state index contributed by atoms with van der Waals surface area (Å²) in [6, 6.07) is 5.40. The number of sulfonamides is 1. The molecule has 0 aromatic carbocycles. The SMILES string of the molecule is CCN(Cc1ccccn1)S(=O)(=O)c1n[nH]c(C)c1CCl. The minimum absolute atomic E-state index is 0.00668. The maximum absolute atomic E-state index is 12.7. The van der Waals surface area contributed by atoms with E-state index in [9.17, 15) is 8.42 Å². The lowest BCUT2D eigenvalue weighted by molar-refractivity contribution is 0.416. The van der Waals surface area contributed by atoms with E-state index in [1.807, 2.05) is 6.07 Å². The van der Waals surface area contributed by atoms with Gasteiger partial charge in [0.2, 0.25) is 0 Å². The summed E-state index contributed by atoms with van der Waals surface area (Å²) in [5.74, 6) is 0.0953. The number of halogens is 1. The van der Waals surface area contributed by atoms with Gasteiger partial charge in [0.1, 0.15) is 0 Å². The molecule has 0 amide bonds. The first-order valence-corrected chi connectivity index (χ1v) is 8.48. The Balaban J connectivity index is 2.36. The molecule has 0 fully saturated rings. The van der Waals surface area contributed by atoms with Crippen LogP contribution < -0.4 is 0 Å². The third-order valence-corrected chi connectivity index (χ3v) is 5.33. The average molecular weight is 329 g/mol. The van der Waals surface area contributed by atoms with Crippen molar-refractivity contribution in [3.8, 4) is 0 Å². The highest BCUT2D eigenvalue weighted by atomic mass is 35.5. The van der Waals surface area contributed by atoms with Gasteiger partial charge in [0.05, 0.1) is 18.1 Å². The number of nitrogens with one attached hydrogen (secondary N) is 1. The number of pyridine rings is 1. The number of aryl methyl sites for hydroxylation is 1. The third-order valence-electron chi connectivity index (χ3n) is 3.17. The number of aromatic nitrogens is 3. The molecular weight excluding hydrogens is 312 g/mol. The second-order valence-corrected chi connectivity index (χ2v) is 6.64. The van der Waals surface area contributed by atoms with Crippen molar-refractivity contribution in [1.82, 2.24) is 19.5 Å². The molecule has 2 heterocycles. The highest BCUT2D eigenvalue weighted by Gasteiger charge is 2.29. The summed E-state index contributed by atoms with van der Waals surface area (Å²) < 4.78 is 26.8. The second-order valence-electron chi connectivity index (χ2n) is 4.52. The zero-order valence-corrected chi connectivity index (χ0v) is 13.4. The second kappa shape index (κ2) is 6.55. The van der Waals surface area contributed by atoms with E-state index in [-0.39, 0.29) is 17.5 Å². The zero-order chi connectivity index (χ0) is 15.5. The van der Waals surface area contributed by atoms with Crippen LogP contribution >= 0.6 is 11.6 Å². The van der Waals surface area contributed by atoms with Gasteiger partial charge in [-0.1, -0.05) is 13.0 Å². The molecule has 8 heteroatoms. The Hall–Kier alpha value is -1.44. The predicted octanol–water partition coefficient (Wildman–Crippen LogP) is 2.06. The average Bonchev–Trinajstić information content (AvgIpc) is 2.87. The summed E-state index contributed by atoms with van der Waals surface area (Å²) in [4.78, 5) is 4.16. The molecule has 0 radical (unpaired) electrons. The van der Waals surface area contributed by atoms with Crippen LogP contribution in [0.3, 0.4) is 0 Å². The molecule has 0 aliphatic rings. The van der Waals surface area contributed by atoms with Crippen molar-refractivity contribution in [2.45, 2.75) is 31.3 Å². The Morgan fingerprint density at radius 2 is 2.14 bits per heavy atom. The van der Waals surface area contributed by atoms with Crippen molar-refractivity contribution in [2.75, 3.05) is 6.54 Å². The van der Waals surface area contributed by atoms with Crippen molar-refractivity contribution < 1.29 is 8.42 Å². The van der Waals surface area contributed by atoms with Crippen LogP contribution in [-0.2, 0) is 22.4 Å². The van der Waals surface area contributed by atoms with Crippen LogP contribution in [0.5, 0.6) is 0 Å².